The highest BCUT2D eigenvalue weighted by molar-refractivity contribution is 6.03. The van der Waals surface area contributed by atoms with E-state index in [0.717, 1.165) is 30.8 Å². The smallest absolute Gasteiger partial charge is 0.257 e. The van der Waals surface area contributed by atoms with Crippen molar-refractivity contribution in [3.63, 3.8) is 0 Å². The molecule has 1 aromatic heterocycles. The molecule has 0 unspecified atom stereocenters. The molecule has 0 fully saturated rings. The molecule has 1 aromatic carbocycles. The molecule has 2 rings (SSSR count). The fraction of sp³-hybridized carbons (Fsp3) is 0.267. The number of hydrogen-bond acceptors (Lipinski definition) is 4. The van der Waals surface area contributed by atoms with Crippen molar-refractivity contribution < 1.29 is 4.79 Å². The molecule has 2 aromatic rings. The van der Waals surface area contributed by atoms with Crippen molar-refractivity contribution in [1.82, 2.24) is 15.5 Å². The van der Waals surface area contributed by atoms with Crippen LogP contribution < -0.4 is 10.6 Å². The minimum atomic E-state index is -0.182. The number of carbonyl (C=O) groups is 1. The number of nitrogens with zero attached hydrogens (tertiary/aromatic N) is 2. The van der Waals surface area contributed by atoms with Gasteiger partial charge in [0.05, 0.1) is 18.0 Å². The number of anilines is 1. The molecule has 0 aliphatic heterocycles. The number of carbonyl (C=O) groups excluding carboxylic acids is 1. The van der Waals surface area contributed by atoms with Gasteiger partial charge in [-0.3, -0.25) is 4.79 Å². The fourth-order valence-electron chi connectivity index (χ4n) is 1.80. The summed E-state index contributed by atoms with van der Waals surface area (Å²) in [5, 5.41) is 13.5. The second-order valence-electron chi connectivity index (χ2n) is 4.46. The van der Waals surface area contributed by atoms with E-state index in [4.69, 9.17) is 0 Å². The van der Waals surface area contributed by atoms with Gasteiger partial charge in [0.25, 0.3) is 5.91 Å². The molecule has 0 saturated heterocycles. The van der Waals surface area contributed by atoms with Crippen LogP contribution in [0, 0.1) is 0 Å². The molecular weight excluding hydrogens is 252 g/mol. The van der Waals surface area contributed by atoms with E-state index in [1.807, 2.05) is 24.3 Å². The molecule has 0 aliphatic carbocycles. The molecule has 5 nitrogen and oxygen atoms in total. The van der Waals surface area contributed by atoms with E-state index < -0.39 is 0 Å². The quantitative estimate of drug-likeness (QED) is 0.790. The first kappa shape index (κ1) is 14.1. The molecule has 0 spiro atoms. The van der Waals surface area contributed by atoms with Gasteiger partial charge in [-0.15, -0.1) is 0 Å². The predicted molar refractivity (Wildman–Crippen MR) is 78.4 cm³/mol. The van der Waals surface area contributed by atoms with Crippen LogP contribution in [0.4, 0.5) is 5.69 Å². The second-order valence-corrected chi connectivity index (χ2v) is 4.46. The molecule has 1 heterocycles. The van der Waals surface area contributed by atoms with Gasteiger partial charge in [-0.25, -0.2) is 0 Å². The Kier molecular flexibility index (Phi) is 5.20. The minimum Gasteiger partial charge on any atom is -0.322 e. The highest BCUT2D eigenvalue weighted by Gasteiger charge is 2.06. The zero-order valence-corrected chi connectivity index (χ0v) is 11.5. The van der Waals surface area contributed by atoms with Gasteiger partial charge >= 0.3 is 0 Å². The van der Waals surface area contributed by atoms with Crippen LogP contribution in [-0.2, 0) is 6.54 Å². The zero-order chi connectivity index (χ0) is 14.2. The van der Waals surface area contributed by atoms with E-state index in [1.165, 1.54) is 12.4 Å². The fourth-order valence-corrected chi connectivity index (χ4v) is 1.80. The van der Waals surface area contributed by atoms with Crippen LogP contribution >= 0.6 is 0 Å². The van der Waals surface area contributed by atoms with Crippen LogP contribution in [0.2, 0.25) is 0 Å². The molecule has 1 amide bonds. The average molecular weight is 270 g/mol. The molecule has 20 heavy (non-hydrogen) atoms. The summed E-state index contributed by atoms with van der Waals surface area (Å²) in [6.45, 7) is 3.92. The standard InChI is InChI=1S/C15H18N4O/c1-2-7-16-10-12-4-3-5-14(9-12)19-15(20)13-6-8-17-18-11-13/h3-6,8-9,11,16H,2,7,10H2,1H3,(H,19,20). The Hall–Kier alpha value is -2.27. The van der Waals surface area contributed by atoms with Gasteiger partial charge in [-0.05, 0) is 36.7 Å². The Morgan fingerprint density at radius 1 is 1.25 bits per heavy atom. The molecule has 0 atom stereocenters. The molecule has 5 heteroatoms. The van der Waals surface area contributed by atoms with Crippen LogP contribution in [0.15, 0.2) is 42.7 Å². The monoisotopic (exact) mass is 270 g/mol. The number of benzene rings is 1. The molecule has 0 saturated carbocycles. The first-order valence-corrected chi connectivity index (χ1v) is 6.67. The Balaban J connectivity index is 1.99. The summed E-state index contributed by atoms with van der Waals surface area (Å²) in [5.74, 6) is -0.182. The molecule has 0 aliphatic rings. The molecular formula is C15H18N4O. The van der Waals surface area contributed by atoms with Gasteiger partial charge in [0, 0.05) is 12.2 Å². The van der Waals surface area contributed by atoms with Gasteiger partial charge < -0.3 is 10.6 Å². The SMILES string of the molecule is CCCNCc1cccc(NC(=O)c2ccnnc2)c1. The molecule has 2 N–H and O–H groups in total. The van der Waals surface area contributed by atoms with E-state index in [-0.39, 0.29) is 5.91 Å². The Morgan fingerprint density at radius 2 is 2.15 bits per heavy atom. The normalized spacial score (nSPS) is 10.2. The van der Waals surface area contributed by atoms with Gasteiger partial charge in [0.2, 0.25) is 0 Å². The maximum absolute atomic E-state index is 12.0. The first-order valence-electron chi connectivity index (χ1n) is 6.67. The molecule has 0 radical (unpaired) electrons. The third-order valence-corrected chi connectivity index (χ3v) is 2.79. The van der Waals surface area contributed by atoms with Gasteiger partial charge in [0.1, 0.15) is 0 Å². The number of aromatic nitrogens is 2. The number of rotatable bonds is 6. The topological polar surface area (TPSA) is 66.9 Å². The Bertz CT molecular complexity index is 557. The van der Waals surface area contributed by atoms with Gasteiger partial charge in [0.15, 0.2) is 0 Å². The third-order valence-electron chi connectivity index (χ3n) is 2.79. The lowest BCUT2D eigenvalue weighted by molar-refractivity contribution is 0.102. The van der Waals surface area contributed by atoms with Gasteiger partial charge in [-0.2, -0.15) is 10.2 Å². The van der Waals surface area contributed by atoms with Crippen LogP contribution in [0.3, 0.4) is 0 Å². The van der Waals surface area contributed by atoms with E-state index >= 15 is 0 Å². The summed E-state index contributed by atoms with van der Waals surface area (Å²) in [4.78, 5) is 12.0. The van der Waals surface area contributed by atoms with Gasteiger partial charge in [-0.1, -0.05) is 19.1 Å². The first-order chi connectivity index (χ1) is 9.79. The lowest BCUT2D eigenvalue weighted by atomic mass is 10.2. The Morgan fingerprint density at radius 3 is 2.90 bits per heavy atom. The van der Waals surface area contributed by atoms with E-state index in [1.54, 1.807) is 6.07 Å². The highest BCUT2D eigenvalue weighted by atomic mass is 16.1. The third kappa shape index (κ3) is 4.13. The summed E-state index contributed by atoms with van der Waals surface area (Å²) in [5.41, 5.74) is 2.42. The van der Waals surface area contributed by atoms with Crippen molar-refractivity contribution in [1.29, 1.82) is 0 Å². The number of hydrogen-bond donors (Lipinski definition) is 2. The van der Waals surface area contributed by atoms with Crippen molar-refractivity contribution in [2.24, 2.45) is 0 Å². The van der Waals surface area contributed by atoms with Crippen molar-refractivity contribution in [2.45, 2.75) is 19.9 Å². The second kappa shape index (κ2) is 7.35. The van der Waals surface area contributed by atoms with E-state index in [9.17, 15) is 4.79 Å². The highest BCUT2D eigenvalue weighted by Crippen LogP contribution is 2.12. The van der Waals surface area contributed by atoms with Crippen molar-refractivity contribution in [3.05, 3.63) is 53.9 Å². The number of amides is 1. The summed E-state index contributed by atoms with van der Waals surface area (Å²) >= 11 is 0. The lowest BCUT2D eigenvalue weighted by Gasteiger charge is -2.08. The zero-order valence-electron chi connectivity index (χ0n) is 11.5. The lowest BCUT2D eigenvalue weighted by Crippen LogP contribution is -2.15. The van der Waals surface area contributed by atoms with Crippen molar-refractivity contribution >= 4 is 11.6 Å². The van der Waals surface area contributed by atoms with E-state index in [2.05, 4.69) is 27.8 Å². The van der Waals surface area contributed by atoms with Crippen LogP contribution in [0.5, 0.6) is 0 Å². The van der Waals surface area contributed by atoms with Crippen molar-refractivity contribution in [3.8, 4) is 0 Å². The van der Waals surface area contributed by atoms with Crippen LogP contribution in [0.25, 0.3) is 0 Å². The summed E-state index contributed by atoms with van der Waals surface area (Å²) in [7, 11) is 0. The average Bonchev–Trinajstić information content (AvgIpc) is 2.49. The summed E-state index contributed by atoms with van der Waals surface area (Å²) < 4.78 is 0. The van der Waals surface area contributed by atoms with E-state index in [0.29, 0.717) is 5.56 Å². The van der Waals surface area contributed by atoms with Crippen molar-refractivity contribution in [2.75, 3.05) is 11.9 Å². The molecule has 104 valence electrons. The molecule has 0 bridgehead atoms. The van der Waals surface area contributed by atoms with Crippen LogP contribution in [0.1, 0.15) is 29.3 Å². The minimum absolute atomic E-state index is 0.182. The largest absolute Gasteiger partial charge is 0.322 e. The van der Waals surface area contributed by atoms with Crippen LogP contribution in [-0.4, -0.2) is 22.6 Å². The number of nitrogens with one attached hydrogen (secondary N) is 2. The maximum Gasteiger partial charge on any atom is 0.257 e. The summed E-state index contributed by atoms with van der Waals surface area (Å²) in [6.07, 6.45) is 4.05. The summed E-state index contributed by atoms with van der Waals surface area (Å²) in [6, 6.07) is 9.44. The maximum atomic E-state index is 12.0. The predicted octanol–water partition coefficient (Wildman–Crippen LogP) is 2.23. The Labute approximate surface area is 118 Å².